The molecular weight excluding hydrogens is 248 g/mol. The fourth-order valence-electron chi connectivity index (χ4n) is 1.98. The Kier molecular flexibility index (Phi) is 4.58. The van der Waals surface area contributed by atoms with Crippen molar-refractivity contribution in [2.75, 3.05) is 16.8 Å². The van der Waals surface area contributed by atoms with Gasteiger partial charge in [0.15, 0.2) is 0 Å². The summed E-state index contributed by atoms with van der Waals surface area (Å²) in [6.07, 6.45) is 3.74. The molecule has 0 aromatic carbocycles. The van der Waals surface area contributed by atoms with Crippen molar-refractivity contribution in [2.24, 2.45) is 0 Å². The molecule has 1 fully saturated rings. The molecule has 2 rings (SSSR count). The average Bonchev–Trinajstić information content (AvgIpc) is 2.34. The van der Waals surface area contributed by atoms with Crippen LogP contribution < -0.4 is 10.1 Å². The van der Waals surface area contributed by atoms with E-state index >= 15 is 0 Å². The molecule has 0 saturated carbocycles. The molecule has 1 aliphatic rings. The second kappa shape index (κ2) is 6.18. The molecule has 0 unspecified atom stereocenters. The summed E-state index contributed by atoms with van der Waals surface area (Å²) >= 11 is 0. The van der Waals surface area contributed by atoms with E-state index in [0.717, 1.165) is 30.0 Å². The van der Waals surface area contributed by atoms with E-state index in [4.69, 9.17) is 4.74 Å². The van der Waals surface area contributed by atoms with Gasteiger partial charge in [-0.3, -0.25) is 4.21 Å². The molecule has 1 N–H and O–H groups in total. The number of pyridine rings is 1. The van der Waals surface area contributed by atoms with Crippen LogP contribution in [0.1, 0.15) is 26.7 Å². The third-order valence-corrected chi connectivity index (χ3v) is 4.25. The molecule has 1 aromatic rings. The number of hydrogen-bond acceptors (Lipinski definition) is 4. The highest BCUT2D eigenvalue weighted by Gasteiger charge is 2.19. The van der Waals surface area contributed by atoms with Gasteiger partial charge in [-0.2, -0.15) is 0 Å². The number of rotatable bonds is 4. The van der Waals surface area contributed by atoms with Gasteiger partial charge < -0.3 is 10.1 Å². The van der Waals surface area contributed by atoms with E-state index in [1.54, 1.807) is 6.20 Å². The molecule has 0 radical (unpaired) electrons. The van der Waals surface area contributed by atoms with E-state index in [9.17, 15) is 4.21 Å². The molecule has 0 atom stereocenters. The largest absolute Gasteiger partial charge is 0.473 e. The molecule has 1 aromatic heterocycles. The fraction of sp³-hybridized carbons (Fsp3) is 0.615. The molecular formula is C13H20N2O2S. The van der Waals surface area contributed by atoms with E-state index in [1.165, 1.54) is 0 Å². The Morgan fingerprint density at radius 2 is 2.17 bits per heavy atom. The summed E-state index contributed by atoms with van der Waals surface area (Å²) < 4.78 is 17.0. The van der Waals surface area contributed by atoms with Gasteiger partial charge in [0.25, 0.3) is 0 Å². The zero-order valence-corrected chi connectivity index (χ0v) is 11.7. The molecule has 5 heteroatoms. The van der Waals surface area contributed by atoms with Gasteiger partial charge in [0.1, 0.15) is 0 Å². The summed E-state index contributed by atoms with van der Waals surface area (Å²) in [6, 6.07) is 4.26. The Morgan fingerprint density at radius 3 is 2.83 bits per heavy atom. The van der Waals surface area contributed by atoms with Crippen LogP contribution in [0.2, 0.25) is 0 Å². The van der Waals surface area contributed by atoms with Crippen molar-refractivity contribution in [1.29, 1.82) is 0 Å². The number of nitrogens with one attached hydrogen (secondary N) is 1. The van der Waals surface area contributed by atoms with Gasteiger partial charge in [0, 0.05) is 34.5 Å². The Labute approximate surface area is 111 Å². The lowest BCUT2D eigenvalue weighted by atomic mass is 10.1. The monoisotopic (exact) mass is 268 g/mol. The van der Waals surface area contributed by atoms with Crippen molar-refractivity contribution in [3.8, 4) is 5.88 Å². The van der Waals surface area contributed by atoms with Gasteiger partial charge in [-0.25, -0.2) is 4.98 Å². The molecule has 2 heterocycles. The van der Waals surface area contributed by atoms with Crippen molar-refractivity contribution in [3.05, 3.63) is 18.3 Å². The first-order valence-electron chi connectivity index (χ1n) is 6.38. The van der Waals surface area contributed by atoms with Gasteiger partial charge >= 0.3 is 0 Å². The highest BCUT2D eigenvalue weighted by molar-refractivity contribution is 7.85. The van der Waals surface area contributed by atoms with Crippen LogP contribution in [0, 0.1) is 0 Å². The Morgan fingerprint density at radius 1 is 1.44 bits per heavy atom. The predicted molar refractivity (Wildman–Crippen MR) is 74.5 cm³/mol. The Hall–Kier alpha value is -1.10. The van der Waals surface area contributed by atoms with Crippen LogP contribution >= 0.6 is 0 Å². The molecule has 0 bridgehead atoms. The van der Waals surface area contributed by atoms with E-state index in [1.807, 2.05) is 26.0 Å². The van der Waals surface area contributed by atoms with Crippen LogP contribution in [0.3, 0.4) is 0 Å². The smallest absolute Gasteiger partial charge is 0.237 e. The third-order valence-electron chi connectivity index (χ3n) is 2.87. The lowest BCUT2D eigenvalue weighted by Gasteiger charge is -2.24. The lowest BCUT2D eigenvalue weighted by molar-refractivity contribution is 0.234. The first-order valence-corrected chi connectivity index (χ1v) is 7.87. The second-order valence-corrected chi connectivity index (χ2v) is 6.49. The van der Waals surface area contributed by atoms with Crippen molar-refractivity contribution in [2.45, 2.75) is 38.8 Å². The van der Waals surface area contributed by atoms with Crippen molar-refractivity contribution < 1.29 is 8.95 Å². The Bertz CT molecular complexity index is 413. The van der Waals surface area contributed by atoms with Gasteiger partial charge in [-0.1, -0.05) is 0 Å². The molecule has 0 amide bonds. The summed E-state index contributed by atoms with van der Waals surface area (Å²) in [5.74, 6) is 2.23. The van der Waals surface area contributed by atoms with E-state index in [0.29, 0.717) is 11.9 Å². The lowest BCUT2D eigenvalue weighted by Crippen LogP contribution is -2.29. The predicted octanol–water partition coefficient (Wildman–Crippen LogP) is 2.19. The SMILES string of the molecule is CC(C)Oc1ncccc1NC1CCS(=O)CC1. The summed E-state index contributed by atoms with van der Waals surface area (Å²) in [5, 5.41) is 3.45. The van der Waals surface area contributed by atoms with E-state index < -0.39 is 10.8 Å². The van der Waals surface area contributed by atoms with E-state index in [-0.39, 0.29) is 6.10 Å². The number of anilines is 1. The first-order chi connectivity index (χ1) is 8.65. The summed E-state index contributed by atoms with van der Waals surface area (Å²) in [5.41, 5.74) is 0.934. The zero-order valence-electron chi connectivity index (χ0n) is 10.9. The summed E-state index contributed by atoms with van der Waals surface area (Å²) in [6.45, 7) is 3.98. The minimum atomic E-state index is -0.620. The number of hydrogen-bond donors (Lipinski definition) is 1. The minimum absolute atomic E-state index is 0.110. The topological polar surface area (TPSA) is 51.2 Å². The maximum Gasteiger partial charge on any atom is 0.237 e. The van der Waals surface area contributed by atoms with Crippen molar-refractivity contribution in [1.82, 2.24) is 4.98 Å². The molecule has 18 heavy (non-hydrogen) atoms. The van der Waals surface area contributed by atoms with Crippen LogP contribution in [0.5, 0.6) is 5.88 Å². The molecule has 0 spiro atoms. The molecule has 100 valence electrons. The van der Waals surface area contributed by atoms with Crippen LogP contribution in [0.15, 0.2) is 18.3 Å². The molecule has 1 saturated heterocycles. The maximum absolute atomic E-state index is 11.3. The normalized spacial score (nSPS) is 23.9. The zero-order chi connectivity index (χ0) is 13.0. The summed E-state index contributed by atoms with van der Waals surface area (Å²) in [4.78, 5) is 4.25. The number of nitrogens with zero attached hydrogens (tertiary/aromatic N) is 1. The number of aromatic nitrogens is 1. The number of ether oxygens (including phenoxy) is 1. The highest BCUT2D eigenvalue weighted by atomic mass is 32.2. The van der Waals surface area contributed by atoms with Crippen LogP contribution in [-0.4, -0.2) is 32.8 Å². The quantitative estimate of drug-likeness (QED) is 0.909. The van der Waals surface area contributed by atoms with Crippen LogP contribution in [0.25, 0.3) is 0 Å². The van der Waals surface area contributed by atoms with Crippen LogP contribution in [0.4, 0.5) is 5.69 Å². The molecule has 1 aliphatic heterocycles. The summed E-state index contributed by atoms with van der Waals surface area (Å²) in [7, 11) is -0.620. The minimum Gasteiger partial charge on any atom is -0.473 e. The highest BCUT2D eigenvalue weighted by Crippen LogP contribution is 2.24. The third kappa shape index (κ3) is 3.70. The molecule has 0 aliphatic carbocycles. The molecule has 4 nitrogen and oxygen atoms in total. The van der Waals surface area contributed by atoms with Gasteiger partial charge in [0.05, 0.1) is 11.8 Å². The Balaban J connectivity index is 2.02. The average molecular weight is 268 g/mol. The van der Waals surface area contributed by atoms with Gasteiger partial charge in [-0.05, 0) is 38.8 Å². The first kappa shape index (κ1) is 13.3. The van der Waals surface area contributed by atoms with Crippen molar-refractivity contribution in [3.63, 3.8) is 0 Å². The standard InChI is InChI=1S/C13H20N2O2S/c1-10(2)17-13-12(4-3-7-14-13)15-11-5-8-18(16)9-6-11/h3-4,7,10-11,15H,5-6,8-9H2,1-2H3. The van der Waals surface area contributed by atoms with Crippen molar-refractivity contribution >= 4 is 16.5 Å². The van der Waals surface area contributed by atoms with Crippen LogP contribution in [-0.2, 0) is 10.8 Å². The van der Waals surface area contributed by atoms with Gasteiger partial charge in [-0.15, -0.1) is 0 Å². The van der Waals surface area contributed by atoms with Gasteiger partial charge in [0.2, 0.25) is 5.88 Å². The maximum atomic E-state index is 11.3. The second-order valence-electron chi connectivity index (χ2n) is 4.79. The van der Waals surface area contributed by atoms with E-state index in [2.05, 4.69) is 10.3 Å². The fourth-order valence-corrected chi connectivity index (χ4v) is 3.27.